The summed E-state index contributed by atoms with van der Waals surface area (Å²) in [6.45, 7) is 1.94. The van der Waals surface area contributed by atoms with E-state index in [0.717, 1.165) is 5.56 Å². The highest BCUT2D eigenvalue weighted by Gasteiger charge is 1.99. The van der Waals surface area contributed by atoms with Crippen LogP contribution in [-0.4, -0.2) is 8.77 Å². The molecule has 0 N–H and O–H groups in total. The van der Waals surface area contributed by atoms with Crippen molar-refractivity contribution < 1.29 is 4.79 Å². The molecule has 1 aromatic heterocycles. The second kappa shape index (κ2) is 3.09. The van der Waals surface area contributed by atoms with Crippen LogP contribution in [0.15, 0.2) is 18.3 Å². The van der Waals surface area contributed by atoms with Crippen molar-refractivity contribution in [2.45, 2.75) is 6.92 Å². The standard InChI is InChI=1S/C7H6INO/c1-5-2-3-6(7(8)10)9-4-5/h2-4H,1H3. The molecule has 3 heteroatoms. The largest absolute Gasteiger partial charge is 0.280 e. The number of pyridine rings is 1. The molecule has 0 bridgehead atoms. The van der Waals surface area contributed by atoms with Gasteiger partial charge in [-0.05, 0) is 18.6 Å². The van der Waals surface area contributed by atoms with Gasteiger partial charge in [-0.15, -0.1) is 0 Å². The molecule has 1 heterocycles. The lowest BCUT2D eigenvalue weighted by Crippen LogP contribution is -1.91. The van der Waals surface area contributed by atoms with Gasteiger partial charge in [0.05, 0.1) is 0 Å². The fraction of sp³-hybridized carbons (Fsp3) is 0.143. The monoisotopic (exact) mass is 247 g/mol. The molecule has 0 aliphatic rings. The van der Waals surface area contributed by atoms with Gasteiger partial charge in [0.25, 0.3) is 0 Å². The van der Waals surface area contributed by atoms with Crippen LogP contribution in [0.4, 0.5) is 0 Å². The zero-order chi connectivity index (χ0) is 7.56. The summed E-state index contributed by atoms with van der Waals surface area (Å²) >= 11 is 1.72. The molecule has 0 saturated carbocycles. The maximum atomic E-state index is 10.7. The van der Waals surface area contributed by atoms with Gasteiger partial charge in [-0.2, -0.15) is 0 Å². The summed E-state index contributed by atoms with van der Waals surface area (Å²) in [5, 5.41) is 0. The van der Waals surface area contributed by atoms with Crippen LogP contribution in [0.1, 0.15) is 16.1 Å². The van der Waals surface area contributed by atoms with E-state index in [9.17, 15) is 4.79 Å². The SMILES string of the molecule is Cc1ccc(C(=O)I)nc1. The highest BCUT2D eigenvalue weighted by molar-refractivity contribution is 14.1. The van der Waals surface area contributed by atoms with E-state index in [2.05, 4.69) is 4.98 Å². The second-order valence-electron chi connectivity index (χ2n) is 1.99. The van der Waals surface area contributed by atoms with E-state index in [1.54, 1.807) is 34.9 Å². The molecule has 52 valence electrons. The van der Waals surface area contributed by atoms with Crippen molar-refractivity contribution in [2.75, 3.05) is 0 Å². The summed E-state index contributed by atoms with van der Waals surface area (Å²) in [4.78, 5) is 14.6. The van der Waals surface area contributed by atoms with E-state index in [1.807, 2.05) is 13.0 Å². The van der Waals surface area contributed by atoms with Crippen LogP contribution >= 0.6 is 22.6 Å². The fourth-order valence-corrected chi connectivity index (χ4v) is 0.903. The molecular formula is C7H6INO. The number of nitrogens with zero attached hydrogens (tertiary/aromatic N) is 1. The van der Waals surface area contributed by atoms with Gasteiger partial charge in [0, 0.05) is 28.8 Å². The predicted molar refractivity (Wildman–Crippen MR) is 47.3 cm³/mol. The van der Waals surface area contributed by atoms with Crippen molar-refractivity contribution in [3.63, 3.8) is 0 Å². The van der Waals surface area contributed by atoms with Gasteiger partial charge in [0.2, 0.25) is 3.79 Å². The van der Waals surface area contributed by atoms with Gasteiger partial charge < -0.3 is 0 Å². The first-order valence-electron chi connectivity index (χ1n) is 2.82. The third kappa shape index (κ3) is 1.76. The Labute approximate surface area is 72.8 Å². The van der Waals surface area contributed by atoms with E-state index in [4.69, 9.17) is 0 Å². The van der Waals surface area contributed by atoms with E-state index >= 15 is 0 Å². The van der Waals surface area contributed by atoms with Gasteiger partial charge >= 0.3 is 0 Å². The Hall–Kier alpha value is -0.450. The van der Waals surface area contributed by atoms with Crippen LogP contribution in [-0.2, 0) is 0 Å². The Morgan fingerprint density at radius 2 is 2.30 bits per heavy atom. The van der Waals surface area contributed by atoms with E-state index < -0.39 is 0 Å². The normalized spacial score (nSPS) is 9.40. The maximum absolute atomic E-state index is 10.7. The van der Waals surface area contributed by atoms with E-state index in [-0.39, 0.29) is 3.79 Å². The summed E-state index contributed by atoms with van der Waals surface area (Å²) in [5.41, 5.74) is 1.59. The minimum absolute atomic E-state index is 0.0161. The van der Waals surface area contributed by atoms with Crippen LogP contribution in [0.3, 0.4) is 0 Å². The average molecular weight is 247 g/mol. The molecule has 0 aliphatic carbocycles. The van der Waals surface area contributed by atoms with Crippen molar-refractivity contribution >= 4 is 26.4 Å². The van der Waals surface area contributed by atoms with Crippen molar-refractivity contribution in [1.82, 2.24) is 4.98 Å². The van der Waals surface area contributed by atoms with Crippen molar-refractivity contribution in [1.29, 1.82) is 0 Å². The van der Waals surface area contributed by atoms with Crippen LogP contribution < -0.4 is 0 Å². The molecule has 0 aliphatic heterocycles. The number of rotatable bonds is 1. The van der Waals surface area contributed by atoms with Gasteiger partial charge in [-0.25, -0.2) is 0 Å². The summed E-state index contributed by atoms with van der Waals surface area (Å²) in [7, 11) is 0. The number of aromatic nitrogens is 1. The quantitative estimate of drug-likeness (QED) is 0.560. The zero-order valence-corrected chi connectivity index (χ0v) is 7.62. The van der Waals surface area contributed by atoms with Crippen LogP contribution in [0.5, 0.6) is 0 Å². The molecule has 1 aromatic rings. The Bertz CT molecular complexity index is 242. The molecular weight excluding hydrogens is 241 g/mol. The molecule has 2 nitrogen and oxygen atoms in total. The van der Waals surface area contributed by atoms with Crippen molar-refractivity contribution in [3.05, 3.63) is 29.6 Å². The third-order valence-corrected chi connectivity index (χ3v) is 1.67. The minimum Gasteiger partial charge on any atom is -0.280 e. The van der Waals surface area contributed by atoms with Crippen LogP contribution in [0.2, 0.25) is 0 Å². The number of halogens is 1. The minimum atomic E-state index is -0.0161. The van der Waals surface area contributed by atoms with Gasteiger partial charge in [-0.1, -0.05) is 6.07 Å². The Morgan fingerprint density at radius 3 is 2.70 bits per heavy atom. The molecule has 0 aromatic carbocycles. The van der Waals surface area contributed by atoms with Gasteiger partial charge in [-0.3, -0.25) is 9.78 Å². The Balaban J connectivity index is 3.00. The molecule has 0 unspecified atom stereocenters. The first-order chi connectivity index (χ1) is 4.70. The Morgan fingerprint density at radius 1 is 1.60 bits per heavy atom. The van der Waals surface area contributed by atoms with Crippen LogP contribution in [0.25, 0.3) is 0 Å². The molecule has 0 atom stereocenters. The van der Waals surface area contributed by atoms with Gasteiger partial charge in [0.1, 0.15) is 5.69 Å². The summed E-state index contributed by atoms with van der Waals surface area (Å²) in [6, 6.07) is 3.60. The number of carbonyl (C=O) groups is 1. The number of hydrogen-bond acceptors (Lipinski definition) is 2. The van der Waals surface area contributed by atoms with Crippen molar-refractivity contribution in [3.8, 4) is 0 Å². The number of aryl methyl sites for hydroxylation is 1. The maximum Gasteiger partial charge on any atom is 0.240 e. The number of hydrogen-bond donors (Lipinski definition) is 0. The van der Waals surface area contributed by atoms with Crippen molar-refractivity contribution in [2.24, 2.45) is 0 Å². The first-order valence-corrected chi connectivity index (χ1v) is 3.90. The van der Waals surface area contributed by atoms with Gasteiger partial charge in [0.15, 0.2) is 0 Å². The summed E-state index contributed by atoms with van der Waals surface area (Å²) < 4.78 is -0.0161. The highest BCUT2D eigenvalue weighted by Crippen LogP contribution is 2.02. The Kier molecular flexibility index (Phi) is 2.37. The lowest BCUT2D eigenvalue weighted by atomic mass is 10.3. The average Bonchev–Trinajstić information content (AvgIpc) is 1.88. The predicted octanol–water partition coefficient (Wildman–Crippen LogP) is 1.97. The zero-order valence-electron chi connectivity index (χ0n) is 5.47. The first kappa shape index (κ1) is 7.65. The fourth-order valence-electron chi connectivity index (χ4n) is 0.584. The van der Waals surface area contributed by atoms with E-state index in [1.165, 1.54) is 0 Å². The smallest absolute Gasteiger partial charge is 0.240 e. The highest BCUT2D eigenvalue weighted by atomic mass is 127. The molecule has 1 rings (SSSR count). The molecule has 0 spiro atoms. The third-order valence-electron chi connectivity index (χ3n) is 1.11. The summed E-state index contributed by atoms with van der Waals surface area (Å²) in [6.07, 6.45) is 1.69. The molecule has 0 amide bonds. The lowest BCUT2D eigenvalue weighted by Gasteiger charge is -1.92. The second-order valence-corrected chi connectivity index (χ2v) is 2.97. The lowest BCUT2D eigenvalue weighted by molar-refractivity contribution is 0.110. The summed E-state index contributed by atoms with van der Waals surface area (Å²) in [5.74, 6) is 0. The van der Waals surface area contributed by atoms with E-state index in [0.29, 0.717) is 5.69 Å². The molecule has 0 saturated heterocycles. The molecule has 0 radical (unpaired) electrons. The van der Waals surface area contributed by atoms with Crippen LogP contribution in [0, 0.1) is 6.92 Å². The molecule has 10 heavy (non-hydrogen) atoms. The molecule has 0 fully saturated rings. The topological polar surface area (TPSA) is 30.0 Å². The number of carbonyl (C=O) groups excluding carboxylic acids is 1.